The smallest absolute Gasteiger partial charge is 0.0637 e. The molecule has 20 rings (SSSR count). The quantitative estimate of drug-likeness (QED) is 0.163. The number of hydrogen-bond acceptors (Lipinski definition) is 2. The Hall–Kier alpha value is -9.84. The van der Waals surface area contributed by atoms with Crippen LogP contribution in [0, 0.1) is 0 Å². The summed E-state index contributed by atoms with van der Waals surface area (Å²) in [5, 5.41) is 13.4. The van der Waals surface area contributed by atoms with Gasteiger partial charge < -0.3 is 9.13 Å². The monoisotopic (exact) mass is 1130 g/mol. The predicted molar refractivity (Wildman–Crippen MR) is 368 cm³/mol. The van der Waals surface area contributed by atoms with Crippen molar-refractivity contribution >= 4 is 117 Å². The van der Waals surface area contributed by atoms with Crippen LogP contribution in [0.4, 0.5) is 0 Å². The molecule has 1 unspecified atom stereocenters. The molecule has 3 aliphatic carbocycles. The number of nitrogens with zero attached hydrogens (tertiary/aromatic N) is 2. The van der Waals surface area contributed by atoms with Gasteiger partial charge in [0.1, 0.15) is 0 Å². The zero-order valence-corrected chi connectivity index (χ0v) is 49.2. The third-order valence-corrected chi connectivity index (χ3v) is 22.8. The van der Waals surface area contributed by atoms with Crippen LogP contribution < -0.4 is 0 Å². The Labute approximate surface area is 504 Å². The van der Waals surface area contributed by atoms with Crippen LogP contribution in [0.15, 0.2) is 249 Å². The molecular weight excluding hydrogens is 1080 g/mol. The number of rotatable bonds is 5. The lowest BCUT2D eigenvalue weighted by atomic mass is 9.73. The summed E-state index contributed by atoms with van der Waals surface area (Å²) in [6, 6.07) is 94.9. The van der Waals surface area contributed by atoms with E-state index in [0.717, 1.165) is 6.42 Å². The first-order valence-corrected chi connectivity index (χ1v) is 31.8. The molecule has 4 heterocycles. The van der Waals surface area contributed by atoms with Gasteiger partial charge in [-0.1, -0.05) is 221 Å². The second kappa shape index (κ2) is 16.7. The molecule has 0 bridgehead atoms. The molecule has 3 aliphatic rings. The standard InChI is InChI=1S/C82H52N2S2/c1-81(2)62-34-14-9-27-56(62)69-75(81)71-60-30-12-17-37-66(60)85-79(71)74-59-40-39-46(43-65(59)84(77(69)74)49-24-19-21-47(44-49)50-41-42-55-52-26-8-7-25-51(52)54-33-20-32-53(50)68(54)55)45-82(3)63-35-15-10-28-57(63)70-76(82)72-61-31-13-18-38-67(61)86-80(72)73-58-29-11-16-36-64(58)83(78(70)73)48-22-5-4-6-23-48/h4-44H,45H2,1-3H3. The lowest BCUT2D eigenvalue weighted by Gasteiger charge is -2.29. The number of benzene rings is 13. The molecule has 2 nitrogen and oxygen atoms in total. The van der Waals surface area contributed by atoms with Crippen molar-refractivity contribution in [1.29, 1.82) is 0 Å². The maximum Gasteiger partial charge on any atom is 0.0637 e. The first-order chi connectivity index (χ1) is 42.3. The summed E-state index contributed by atoms with van der Waals surface area (Å²) >= 11 is 3.93. The molecule has 0 saturated carbocycles. The third kappa shape index (κ3) is 5.91. The van der Waals surface area contributed by atoms with Crippen molar-refractivity contribution in [2.45, 2.75) is 38.0 Å². The van der Waals surface area contributed by atoms with Crippen molar-refractivity contribution in [2.24, 2.45) is 0 Å². The lowest BCUT2D eigenvalue weighted by molar-refractivity contribution is 0.588. The molecule has 402 valence electrons. The molecule has 0 amide bonds. The van der Waals surface area contributed by atoms with Gasteiger partial charge in [-0.2, -0.15) is 0 Å². The summed E-state index contributed by atoms with van der Waals surface area (Å²) in [6.45, 7) is 7.50. The fraction of sp³-hybridized carbons (Fsp3) is 0.0732. The van der Waals surface area contributed by atoms with Crippen LogP contribution in [0.3, 0.4) is 0 Å². The zero-order valence-electron chi connectivity index (χ0n) is 47.6. The molecule has 0 fully saturated rings. The number of thiophene rings is 2. The van der Waals surface area contributed by atoms with Crippen molar-refractivity contribution in [3.8, 4) is 67.0 Å². The molecule has 0 saturated heterocycles. The second-order valence-corrected chi connectivity index (χ2v) is 27.2. The van der Waals surface area contributed by atoms with Crippen molar-refractivity contribution in [3.63, 3.8) is 0 Å². The van der Waals surface area contributed by atoms with Crippen molar-refractivity contribution in [3.05, 3.63) is 277 Å². The second-order valence-electron chi connectivity index (χ2n) is 25.1. The fourth-order valence-electron chi connectivity index (χ4n) is 17.0. The minimum atomic E-state index is -0.414. The minimum absolute atomic E-state index is 0.245. The minimum Gasteiger partial charge on any atom is -0.309 e. The van der Waals surface area contributed by atoms with Gasteiger partial charge in [0.2, 0.25) is 0 Å². The molecule has 86 heavy (non-hydrogen) atoms. The molecule has 17 aromatic rings. The van der Waals surface area contributed by atoms with E-state index in [1.807, 2.05) is 22.7 Å². The van der Waals surface area contributed by atoms with Crippen LogP contribution in [0.5, 0.6) is 0 Å². The van der Waals surface area contributed by atoms with Gasteiger partial charge in [0.15, 0.2) is 0 Å². The Kier molecular flexibility index (Phi) is 9.25. The number of para-hydroxylation sites is 2. The van der Waals surface area contributed by atoms with E-state index in [4.69, 9.17) is 0 Å². The summed E-state index contributed by atoms with van der Waals surface area (Å²) in [4.78, 5) is 0. The van der Waals surface area contributed by atoms with E-state index in [1.165, 1.54) is 190 Å². The van der Waals surface area contributed by atoms with E-state index in [2.05, 4.69) is 279 Å². The van der Waals surface area contributed by atoms with Crippen molar-refractivity contribution in [2.75, 3.05) is 0 Å². The Morgan fingerprint density at radius 3 is 1.58 bits per heavy atom. The molecule has 0 aliphatic heterocycles. The summed E-state index contributed by atoms with van der Waals surface area (Å²) in [5.74, 6) is 0. The first-order valence-electron chi connectivity index (χ1n) is 30.2. The van der Waals surface area contributed by atoms with Gasteiger partial charge in [-0.3, -0.25) is 0 Å². The number of fused-ring (bicyclic) bond motifs is 27. The lowest BCUT2D eigenvalue weighted by Crippen LogP contribution is -2.24. The van der Waals surface area contributed by atoms with E-state index < -0.39 is 5.41 Å². The number of hydrogen-bond donors (Lipinski definition) is 0. The van der Waals surface area contributed by atoms with Crippen molar-refractivity contribution in [1.82, 2.24) is 9.13 Å². The van der Waals surface area contributed by atoms with E-state index in [9.17, 15) is 0 Å². The van der Waals surface area contributed by atoms with Crippen LogP contribution in [0.25, 0.3) is 162 Å². The fourth-order valence-corrected chi connectivity index (χ4v) is 19.6. The van der Waals surface area contributed by atoms with Gasteiger partial charge in [0, 0.05) is 95.2 Å². The Morgan fingerprint density at radius 2 is 0.849 bits per heavy atom. The average Bonchev–Trinajstić information content (AvgIpc) is 1.64. The van der Waals surface area contributed by atoms with Gasteiger partial charge in [-0.05, 0) is 138 Å². The topological polar surface area (TPSA) is 9.86 Å². The maximum atomic E-state index is 2.69. The van der Waals surface area contributed by atoms with Crippen LogP contribution in [0.2, 0.25) is 0 Å². The van der Waals surface area contributed by atoms with E-state index in [0.29, 0.717) is 0 Å². The SMILES string of the molecule is CC1(C)c2ccccc2-c2c1c1c3ccccc3sc1c1c3ccc(CC4(C)c5ccccc5-c5c4c4c6ccccc6sc4c4c6ccccc6n(-c6ccccc6)c54)cc3n(-c3cccc(-c4ccc5c6c(cccc46)-c4ccccc4-5)c3)c21. The summed E-state index contributed by atoms with van der Waals surface area (Å²) in [6.07, 6.45) is 0.806. The van der Waals surface area contributed by atoms with Gasteiger partial charge in [-0.15, -0.1) is 22.7 Å². The largest absolute Gasteiger partial charge is 0.309 e. The normalized spacial score (nSPS) is 15.3. The van der Waals surface area contributed by atoms with Crippen LogP contribution >= 0.6 is 22.7 Å². The highest BCUT2D eigenvalue weighted by Gasteiger charge is 2.45. The molecule has 4 aromatic heterocycles. The average molecular weight is 1130 g/mol. The first kappa shape index (κ1) is 47.5. The van der Waals surface area contributed by atoms with E-state index in [1.54, 1.807) is 0 Å². The highest BCUT2D eigenvalue weighted by molar-refractivity contribution is 7.27. The maximum absolute atomic E-state index is 2.69. The summed E-state index contributed by atoms with van der Waals surface area (Å²) in [5.41, 5.74) is 26.8. The van der Waals surface area contributed by atoms with Gasteiger partial charge >= 0.3 is 0 Å². The van der Waals surface area contributed by atoms with E-state index in [-0.39, 0.29) is 5.41 Å². The Balaban J connectivity index is 0.889. The number of aromatic nitrogens is 2. The molecule has 0 radical (unpaired) electrons. The Morgan fingerprint density at radius 1 is 0.337 bits per heavy atom. The van der Waals surface area contributed by atoms with Crippen molar-refractivity contribution < 1.29 is 0 Å². The van der Waals surface area contributed by atoms with Gasteiger partial charge in [0.05, 0.1) is 22.1 Å². The Bertz CT molecular complexity index is 5890. The summed E-state index contributed by atoms with van der Waals surface area (Å²) < 4.78 is 10.7. The third-order valence-electron chi connectivity index (χ3n) is 20.4. The molecule has 0 N–H and O–H groups in total. The molecular formula is C82H52N2S2. The molecule has 1 atom stereocenters. The van der Waals surface area contributed by atoms with E-state index >= 15 is 0 Å². The highest BCUT2D eigenvalue weighted by atomic mass is 32.1. The van der Waals surface area contributed by atoms with Gasteiger partial charge in [0.25, 0.3) is 0 Å². The summed E-state index contributed by atoms with van der Waals surface area (Å²) in [7, 11) is 0. The zero-order chi connectivity index (χ0) is 56.5. The molecule has 4 heteroatoms. The predicted octanol–water partition coefficient (Wildman–Crippen LogP) is 22.9. The highest BCUT2D eigenvalue weighted by Crippen LogP contribution is 2.62. The van der Waals surface area contributed by atoms with Gasteiger partial charge in [-0.25, -0.2) is 0 Å². The van der Waals surface area contributed by atoms with Crippen LogP contribution in [-0.2, 0) is 17.3 Å². The van der Waals surface area contributed by atoms with Crippen LogP contribution in [0.1, 0.15) is 48.6 Å². The molecule has 13 aromatic carbocycles. The molecule has 0 spiro atoms. The van der Waals surface area contributed by atoms with Crippen LogP contribution in [-0.4, -0.2) is 9.13 Å².